The van der Waals surface area contributed by atoms with E-state index in [1.54, 1.807) is 28.8 Å². The Morgan fingerprint density at radius 1 is 0.897 bits per heavy atom. The van der Waals surface area contributed by atoms with Crippen LogP contribution in [0.1, 0.15) is 5.56 Å². The van der Waals surface area contributed by atoms with Crippen molar-refractivity contribution < 1.29 is 4.39 Å². The van der Waals surface area contributed by atoms with E-state index in [-0.39, 0.29) is 17.9 Å². The lowest BCUT2D eigenvalue weighted by Crippen LogP contribution is -2.24. The average Bonchev–Trinajstić information content (AvgIpc) is 3.18. The molecule has 0 fully saturated rings. The van der Waals surface area contributed by atoms with Gasteiger partial charge in [0.2, 0.25) is 5.78 Å². The predicted molar refractivity (Wildman–Crippen MR) is 111 cm³/mol. The van der Waals surface area contributed by atoms with Gasteiger partial charge in [0.25, 0.3) is 5.56 Å². The van der Waals surface area contributed by atoms with Crippen LogP contribution in [0.4, 0.5) is 4.39 Å². The highest BCUT2D eigenvalue weighted by Crippen LogP contribution is 2.24. The molecule has 0 atom stereocenters. The number of benzene rings is 3. The third-order valence-corrected chi connectivity index (χ3v) is 5.27. The maximum absolute atomic E-state index is 13.4. The predicted octanol–water partition coefficient (Wildman–Crippen LogP) is 4.55. The minimum absolute atomic E-state index is 0.175. The molecule has 2 heterocycles. The molecule has 0 spiro atoms. The van der Waals surface area contributed by atoms with Crippen LogP contribution in [-0.4, -0.2) is 19.2 Å². The summed E-state index contributed by atoms with van der Waals surface area (Å²) in [5.74, 6) is 0.597. The summed E-state index contributed by atoms with van der Waals surface area (Å²) in [4.78, 5) is 13.2. The third kappa shape index (κ3) is 2.89. The summed E-state index contributed by atoms with van der Waals surface area (Å²) in [5.41, 5.74) is 2.02. The number of nitrogens with zero attached hydrogens (tertiary/aromatic N) is 4. The second kappa shape index (κ2) is 6.83. The number of hydrogen-bond acceptors (Lipinski definition) is 3. The van der Waals surface area contributed by atoms with E-state index in [2.05, 4.69) is 10.2 Å². The molecule has 0 unspecified atom stereocenters. The highest BCUT2D eigenvalue weighted by Gasteiger charge is 2.18. The van der Waals surface area contributed by atoms with E-state index in [0.29, 0.717) is 33.1 Å². The van der Waals surface area contributed by atoms with Gasteiger partial charge in [0.15, 0.2) is 5.82 Å². The van der Waals surface area contributed by atoms with Crippen molar-refractivity contribution in [3.05, 3.63) is 99.6 Å². The first-order chi connectivity index (χ1) is 14.1. The standard InChI is InChI=1S/C22H14ClFN4O/c23-18-7-3-1-5-15(18)13-27-21(29)17-6-2-4-8-19(17)28-20(25-26-22(27)28)14-9-11-16(24)12-10-14/h1-12H,13H2. The molecule has 0 radical (unpaired) electrons. The van der Waals surface area contributed by atoms with E-state index in [1.807, 2.05) is 40.8 Å². The number of para-hydroxylation sites is 1. The van der Waals surface area contributed by atoms with Gasteiger partial charge in [-0.25, -0.2) is 4.39 Å². The Labute approximate surface area is 169 Å². The van der Waals surface area contributed by atoms with Crippen LogP contribution in [0.2, 0.25) is 5.02 Å². The SMILES string of the molecule is O=c1c2ccccc2n2c(-c3ccc(F)cc3)nnc2n1Cc1ccccc1Cl. The first-order valence-corrected chi connectivity index (χ1v) is 9.37. The van der Waals surface area contributed by atoms with Crippen molar-refractivity contribution >= 4 is 28.3 Å². The molecule has 0 aliphatic heterocycles. The van der Waals surface area contributed by atoms with Crippen molar-refractivity contribution in [1.82, 2.24) is 19.2 Å². The molecule has 0 bridgehead atoms. The van der Waals surface area contributed by atoms with E-state index < -0.39 is 0 Å². The molecule has 0 aliphatic rings. The Kier molecular flexibility index (Phi) is 4.14. The van der Waals surface area contributed by atoms with Gasteiger partial charge in [-0.3, -0.25) is 13.8 Å². The Balaban J connectivity index is 1.84. The van der Waals surface area contributed by atoms with E-state index in [4.69, 9.17) is 11.6 Å². The molecule has 5 aromatic rings. The first kappa shape index (κ1) is 17.6. The molecule has 0 amide bonds. The zero-order valence-electron chi connectivity index (χ0n) is 15.1. The number of halogens is 2. The lowest BCUT2D eigenvalue weighted by atomic mass is 10.2. The van der Waals surface area contributed by atoms with Crippen molar-refractivity contribution in [2.24, 2.45) is 0 Å². The minimum atomic E-state index is -0.331. The molecule has 2 aromatic heterocycles. The minimum Gasteiger partial charge on any atom is -0.272 e. The first-order valence-electron chi connectivity index (χ1n) is 8.99. The van der Waals surface area contributed by atoms with Gasteiger partial charge in [-0.15, -0.1) is 10.2 Å². The van der Waals surface area contributed by atoms with Gasteiger partial charge in [-0.2, -0.15) is 0 Å². The fourth-order valence-electron chi connectivity index (χ4n) is 3.48. The van der Waals surface area contributed by atoms with Gasteiger partial charge in [0.05, 0.1) is 17.4 Å². The molecule has 0 aliphatic carbocycles. The number of hydrogen-bond donors (Lipinski definition) is 0. The maximum atomic E-state index is 13.4. The fraction of sp³-hybridized carbons (Fsp3) is 0.0455. The molecule has 142 valence electrons. The van der Waals surface area contributed by atoms with Gasteiger partial charge in [-0.05, 0) is 48.0 Å². The molecular weight excluding hydrogens is 391 g/mol. The van der Waals surface area contributed by atoms with Gasteiger partial charge < -0.3 is 0 Å². The number of rotatable bonds is 3. The molecule has 5 rings (SSSR count). The quantitative estimate of drug-likeness (QED) is 0.443. The Morgan fingerprint density at radius 3 is 2.41 bits per heavy atom. The summed E-state index contributed by atoms with van der Waals surface area (Å²) in [5, 5.41) is 9.71. The Hall–Kier alpha value is -3.51. The van der Waals surface area contributed by atoms with Crippen LogP contribution in [0, 0.1) is 5.82 Å². The second-order valence-corrected chi connectivity index (χ2v) is 7.07. The van der Waals surface area contributed by atoms with E-state index in [0.717, 1.165) is 5.56 Å². The molecule has 7 heteroatoms. The van der Waals surface area contributed by atoms with Crippen LogP contribution in [0.15, 0.2) is 77.6 Å². The number of fused-ring (bicyclic) bond motifs is 3. The summed E-state index contributed by atoms with van der Waals surface area (Å²) in [7, 11) is 0. The van der Waals surface area contributed by atoms with Gasteiger partial charge in [0.1, 0.15) is 5.82 Å². The van der Waals surface area contributed by atoms with Gasteiger partial charge in [0, 0.05) is 10.6 Å². The van der Waals surface area contributed by atoms with Crippen LogP contribution in [-0.2, 0) is 6.54 Å². The van der Waals surface area contributed by atoms with Crippen LogP contribution >= 0.6 is 11.6 Å². The lowest BCUT2D eigenvalue weighted by Gasteiger charge is -2.12. The monoisotopic (exact) mass is 404 g/mol. The lowest BCUT2D eigenvalue weighted by molar-refractivity contribution is 0.628. The van der Waals surface area contributed by atoms with E-state index in [1.165, 1.54) is 12.1 Å². The smallest absolute Gasteiger partial charge is 0.263 e. The second-order valence-electron chi connectivity index (χ2n) is 6.67. The van der Waals surface area contributed by atoms with Crippen LogP contribution in [0.3, 0.4) is 0 Å². The van der Waals surface area contributed by atoms with Crippen molar-refractivity contribution in [2.75, 3.05) is 0 Å². The van der Waals surface area contributed by atoms with E-state index in [9.17, 15) is 9.18 Å². The maximum Gasteiger partial charge on any atom is 0.263 e. The largest absolute Gasteiger partial charge is 0.272 e. The summed E-state index contributed by atoms with van der Waals surface area (Å²) in [6.07, 6.45) is 0. The zero-order valence-corrected chi connectivity index (χ0v) is 15.8. The summed E-state index contributed by atoms with van der Waals surface area (Å²) in [6, 6.07) is 20.7. The van der Waals surface area contributed by atoms with Gasteiger partial charge >= 0.3 is 0 Å². The molecule has 3 aromatic carbocycles. The molecular formula is C22H14ClFN4O. The van der Waals surface area contributed by atoms with Crippen molar-refractivity contribution in [2.45, 2.75) is 6.54 Å². The van der Waals surface area contributed by atoms with E-state index >= 15 is 0 Å². The highest BCUT2D eigenvalue weighted by atomic mass is 35.5. The Morgan fingerprint density at radius 2 is 1.62 bits per heavy atom. The summed E-state index contributed by atoms with van der Waals surface area (Å²) in [6.45, 7) is 0.258. The normalized spacial score (nSPS) is 11.4. The molecule has 0 saturated carbocycles. The van der Waals surface area contributed by atoms with Gasteiger partial charge in [-0.1, -0.05) is 41.9 Å². The number of aromatic nitrogens is 4. The molecule has 29 heavy (non-hydrogen) atoms. The average molecular weight is 405 g/mol. The molecule has 0 saturated heterocycles. The van der Waals surface area contributed by atoms with Crippen LogP contribution < -0.4 is 5.56 Å². The fourth-order valence-corrected chi connectivity index (χ4v) is 3.68. The molecule has 5 nitrogen and oxygen atoms in total. The summed E-state index contributed by atoms with van der Waals surface area (Å²) < 4.78 is 16.8. The highest BCUT2D eigenvalue weighted by molar-refractivity contribution is 6.31. The Bertz CT molecular complexity index is 1420. The third-order valence-electron chi connectivity index (χ3n) is 4.90. The van der Waals surface area contributed by atoms with Crippen LogP contribution in [0.5, 0.6) is 0 Å². The topological polar surface area (TPSA) is 52.2 Å². The van der Waals surface area contributed by atoms with Crippen LogP contribution in [0.25, 0.3) is 28.1 Å². The van der Waals surface area contributed by atoms with Crippen molar-refractivity contribution in [1.29, 1.82) is 0 Å². The zero-order chi connectivity index (χ0) is 20.0. The van der Waals surface area contributed by atoms with Crippen molar-refractivity contribution in [3.63, 3.8) is 0 Å². The molecule has 0 N–H and O–H groups in total. The summed E-state index contributed by atoms with van der Waals surface area (Å²) >= 11 is 6.32. The van der Waals surface area contributed by atoms with Crippen molar-refractivity contribution in [3.8, 4) is 11.4 Å².